The van der Waals surface area contributed by atoms with Gasteiger partial charge in [0, 0.05) is 11.6 Å². The molecule has 1 aliphatic heterocycles. The highest BCUT2D eigenvalue weighted by atomic mass is 16.5. The Balaban J connectivity index is 1.80. The van der Waals surface area contributed by atoms with Gasteiger partial charge in [-0.05, 0) is 25.0 Å². The molecule has 1 aliphatic carbocycles. The molecule has 1 aromatic carbocycles. The molecular weight excluding hydrogens is 252 g/mol. The molecule has 4 heteroatoms. The van der Waals surface area contributed by atoms with Crippen molar-refractivity contribution in [1.82, 2.24) is 5.32 Å². The molecule has 1 heterocycles. The number of fused-ring (bicyclic) bond motifs is 1. The maximum absolute atomic E-state index is 12.5. The Morgan fingerprint density at radius 3 is 2.85 bits per heavy atom. The van der Waals surface area contributed by atoms with Gasteiger partial charge in [0.15, 0.2) is 0 Å². The molecule has 0 unspecified atom stereocenters. The zero-order valence-electron chi connectivity index (χ0n) is 11.3. The van der Waals surface area contributed by atoms with E-state index >= 15 is 0 Å². The first-order valence-electron chi connectivity index (χ1n) is 7.14. The van der Waals surface area contributed by atoms with Gasteiger partial charge in [0.2, 0.25) is 0 Å². The maximum Gasteiger partial charge on any atom is 0.270 e. The maximum atomic E-state index is 12.5. The second-order valence-corrected chi connectivity index (χ2v) is 5.19. The number of ether oxygens (including phenoxy) is 1. The van der Waals surface area contributed by atoms with Crippen molar-refractivity contribution in [3.8, 4) is 5.75 Å². The summed E-state index contributed by atoms with van der Waals surface area (Å²) in [5, 5.41) is 3.10. The van der Waals surface area contributed by atoms with Gasteiger partial charge in [-0.15, -0.1) is 0 Å². The predicted molar refractivity (Wildman–Crippen MR) is 77.8 cm³/mol. The molecule has 1 fully saturated rings. The first-order valence-corrected chi connectivity index (χ1v) is 7.14. The van der Waals surface area contributed by atoms with Gasteiger partial charge in [-0.1, -0.05) is 31.4 Å². The minimum Gasteiger partial charge on any atom is -0.463 e. The number of nitrogens with one attached hydrogen (secondary N) is 1. The summed E-state index contributed by atoms with van der Waals surface area (Å²) in [5.41, 5.74) is 1.17. The van der Waals surface area contributed by atoms with Gasteiger partial charge in [0.25, 0.3) is 5.91 Å². The second kappa shape index (κ2) is 5.90. The molecule has 0 aromatic heterocycles. The zero-order valence-corrected chi connectivity index (χ0v) is 11.3. The Kier molecular flexibility index (Phi) is 3.81. The quantitative estimate of drug-likeness (QED) is 0.898. The molecule has 20 heavy (non-hydrogen) atoms. The third-order valence-electron chi connectivity index (χ3n) is 3.76. The highest BCUT2D eigenvalue weighted by Gasteiger charge is 2.22. The molecule has 104 valence electrons. The number of hydrogen-bond acceptors (Lipinski definition) is 3. The highest BCUT2D eigenvalue weighted by Crippen LogP contribution is 2.22. The molecule has 0 bridgehead atoms. The van der Waals surface area contributed by atoms with E-state index in [-0.39, 0.29) is 11.9 Å². The average molecular weight is 270 g/mol. The van der Waals surface area contributed by atoms with Gasteiger partial charge in [-0.2, -0.15) is 0 Å². The molecule has 0 atom stereocenters. The summed E-state index contributed by atoms with van der Waals surface area (Å²) in [4.78, 5) is 16.7. The van der Waals surface area contributed by atoms with Crippen molar-refractivity contribution in [3.05, 3.63) is 42.3 Å². The topological polar surface area (TPSA) is 50.7 Å². The van der Waals surface area contributed by atoms with Gasteiger partial charge in [-0.25, -0.2) is 4.99 Å². The van der Waals surface area contributed by atoms with Gasteiger partial charge in [0.05, 0.1) is 6.20 Å². The smallest absolute Gasteiger partial charge is 0.270 e. The van der Waals surface area contributed by atoms with Crippen LogP contribution in [0.25, 0.3) is 0 Å². The van der Waals surface area contributed by atoms with E-state index < -0.39 is 0 Å². The van der Waals surface area contributed by atoms with Crippen LogP contribution in [0.1, 0.15) is 37.7 Å². The summed E-state index contributed by atoms with van der Waals surface area (Å²) >= 11 is 0. The molecule has 0 saturated heterocycles. The van der Waals surface area contributed by atoms with Crippen LogP contribution in [0.3, 0.4) is 0 Å². The Morgan fingerprint density at radius 1 is 1.20 bits per heavy atom. The summed E-state index contributed by atoms with van der Waals surface area (Å²) in [6, 6.07) is 7.75. The van der Waals surface area contributed by atoms with Crippen molar-refractivity contribution < 1.29 is 9.53 Å². The Bertz CT molecular complexity index is 557. The lowest BCUT2D eigenvalue weighted by Gasteiger charge is -2.23. The Hall–Kier alpha value is -2.10. The van der Waals surface area contributed by atoms with Crippen molar-refractivity contribution in [2.45, 2.75) is 38.1 Å². The fourth-order valence-corrected chi connectivity index (χ4v) is 2.72. The molecule has 1 saturated carbocycles. The zero-order chi connectivity index (χ0) is 13.8. The monoisotopic (exact) mass is 270 g/mol. The van der Waals surface area contributed by atoms with Crippen LogP contribution in [0, 0.1) is 0 Å². The van der Waals surface area contributed by atoms with Crippen molar-refractivity contribution in [3.63, 3.8) is 0 Å². The fourth-order valence-electron chi connectivity index (χ4n) is 2.72. The van der Waals surface area contributed by atoms with Gasteiger partial charge in [-0.3, -0.25) is 4.79 Å². The van der Waals surface area contributed by atoms with Crippen molar-refractivity contribution in [2.24, 2.45) is 4.99 Å². The van der Waals surface area contributed by atoms with Crippen LogP contribution in [0.4, 0.5) is 0 Å². The Morgan fingerprint density at radius 2 is 2.00 bits per heavy atom. The van der Waals surface area contributed by atoms with Crippen LogP contribution in [-0.2, 0) is 4.79 Å². The average Bonchev–Trinajstić information content (AvgIpc) is 2.70. The number of benzene rings is 1. The number of amides is 1. The lowest BCUT2D eigenvalue weighted by Crippen LogP contribution is -2.40. The summed E-state index contributed by atoms with van der Waals surface area (Å²) in [7, 11) is 0. The number of hydrogen-bond donors (Lipinski definition) is 1. The minimum atomic E-state index is -0.112. The first kappa shape index (κ1) is 12.9. The summed E-state index contributed by atoms with van der Waals surface area (Å²) in [5.74, 6) is 0.554. The number of carbonyl (C=O) groups is 1. The molecule has 3 rings (SSSR count). The normalized spacial score (nSPS) is 18.5. The molecule has 1 amide bonds. The SMILES string of the molecule is O=C(NC1CCCCC1)C1=NC=COc2ccccc21. The third kappa shape index (κ3) is 2.74. The summed E-state index contributed by atoms with van der Waals surface area (Å²) < 4.78 is 5.44. The number of carbonyl (C=O) groups excluding carboxylic acids is 1. The van der Waals surface area contributed by atoms with Crippen LogP contribution in [0.5, 0.6) is 5.75 Å². The minimum absolute atomic E-state index is 0.112. The first-order chi connectivity index (χ1) is 9.84. The van der Waals surface area contributed by atoms with Crippen molar-refractivity contribution in [1.29, 1.82) is 0 Å². The van der Waals surface area contributed by atoms with E-state index in [9.17, 15) is 4.79 Å². The number of aliphatic imine (C=N–C) groups is 1. The van der Waals surface area contributed by atoms with E-state index in [0.717, 1.165) is 18.4 Å². The molecule has 0 radical (unpaired) electrons. The summed E-state index contributed by atoms with van der Waals surface area (Å²) in [6.07, 6.45) is 8.80. The second-order valence-electron chi connectivity index (χ2n) is 5.19. The van der Waals surface area contributed by atoms with Crippen LogP contribution in [0.15, 0.2) is 41.7 Å². The lowest BCUT2D eigenvalue weighted by atomic mass is 9.95. The highest BCUT2D eigenvalue weighted by molar-refractivity contribution is 6.46. The van der Waals surface area contributed by atoms with Crippen molar-refractivity contribution >= 4 is 11.6 Å². The van der Waals surface area contributed by atoms with Gasteiger partial charge >= 0.3 is 0 Å². The van der Waals surface area contributed by atoms with Gasteiger partial charge < -0.3 is 10.1 Å². The molecule has 2 aliphatic rings. The molecule has 4 nitrogen and oxygen atoms in total. The lowest BCUT2D eigenvalue weighted by molar-refractivity contribution is -0.115. The van der Waals surface area contributed by atoms with Crippen LogP contribution in [-0.4, -0.2) is 17.7 Å². The van der Waals surface area contributed by atoms with E-state index in [1.165, 1.54) is 31.7 Å². The van der Waals surface area contributed by atoms with E-state index in [0.29, 0.717) is 11.5 Å². The fraction of sp³-hybridized carbons (Fsp3) is 0.375. The van der Waals surface area contributed by atoms with Crippen LogP contribution < -0.4 is 10.1 Å². The number of rotatable bonds is 2. The predicted octanol–water partition coefficient (Wildman–Crippen LogP) is 2.79. The number of nitrogens with zero attached hydrogens (tertiary/aromatic N) is 1. The molecule has 1 N–H and O–H groups in total. The standard InChI is InChI=1S/C16H18N2O2/c19-16(18-12-6-2-1-3-7-12)15-13-8-4-5-9-14(13)20-11-10-17-15/h4-5,8-12H,1-3,6-7H2,(H,18,19). The summed E-state index contributed by atoms with van der Waals surface area (Å²) in [6.45, 7) is 0. The third-order valence-corrected chi connectivity index (χ3v) is 3.76. The van der Waals surface area contributed by atoms with E-state index in [1.54, 1.807) is 0 Å². The molecule has 0 spiro atoms. The Labute approximate surface area is 118 Å². The van der Waals surface area contributed by atoms with Crippen molar-refractivity contribution in [2.75, 3.05) is 0 Å². The largest absolute Gasteiger partial charge is 0.463 e. The molecule has 1 aromatic rings. The van der Waals surface area contributed by atoms with Gasteiger partial charge in [0.1, 0.15) is 17.7 Å². The van der Waals surface area contributed by atoms with E-state index in [4.69, 9.17) is 4.74 Å². The van der Waals surface area contributed by atoms with E-state index in [1.807, 2.05) is 24.3 Å². The molecular formula is C16H18N2O2. The van der Waals surface area contributed by atoms with Crippen LogP contribution >= 0.6 is 0 Å². The van der Waals surface area contributed by atoms with E-state index in [2.05, 4.69) is 10.3 Å². The van der Waals surface area contributed by atoms with Crippen LogP contribution in [0.2, 0.25) is 0 Å². The number of para-hydroxylation sites is 1.